The van der Waals surface area contributed by atoms with Crippen molar-refractivity contribution in [2.24, 2.45) is 5.92 Å². The summed E-state index contributed by atoms with van der Waals surface area (Å²) in [6, 6.07) is 12.2. The number of piperidine rings is 1. The summed E-state index contributed by atoms with van der Waals surface area (Å²) in [4.78, 5) is 11.5. The van der Waals surface area contributed by atoms with E-state index in [-0.39, 0.29) is 0 Å². The molecule has 25 heavy (non-hydrogen) atoms. The highest BCUT2D eigenvalue weighted by atomic mass is 32.1. The van der Waals surface area contributed by atoms with Gasteiger partial charge in [-0.3, -0.25) is 0 Å². The Morgan fingerprint density at radius 3 is 2.84 bits per heavy atom. The van der Waals surface area contributed by atoms with Gasteiger partial charge in [-0.05, 0) is 43.5 Å². The molecule has 1 fully saturated rings. The van der Waals surface area contributed by atoms with Crippen LogP contribution in [0.5, 0.6) is 0 Å². The van der Waals surface area contributed by atoms with Gasteiger partial charge in [-0.1, -0.05) is 37.3 Å². The normalized spacial score (nSPS) is 17.2. The quantitative estimate of drug-likeness (QED) is 0.819. The lowest BCUT2D eigenvalue weighted by atomic mass is 10.0. The third kappa shape index (κ3) is 5.13. The molecular weight excluding hydrogens is 330 g/mol. The van der Waals surface area contributed by atoms with Crippen molar-refractivity contribution in [3.63, 3.8) is 0 Å². The summed E-state index contributed by atoms with van der Waals surface area (Å²) in [5.74, 6) is 2.24. The zero-order valence-corrected chi connectivity index (χ0v) is 15.6. The Balaban J connectivity index is 1.62. The van der Waals surface area contributed by atoms with Crippen LogP contribution in [0.4, 0.5) is 11.8 Å². The average Bonchev–Trinajstić information content (AvgIpc) is 2.60. The van der Waals surface area contributed by atoms with Gasteiger partial charge in [0.1, 0.15) is 5.82 Å². The summed E-state index contributed by atoms with van der Waals surface area (Å²) in [5, 5.41) is 6.85. The molecule has 2 aromatic rings. The fourth-order valence-electron chi connectivity index (χ4n) is 3.09. The van der Waals surface area contributed by atoms with E-state index in [1.807, 2.05) is 31.2 Å². The number of benzene rings is 1. The molecule has 2 N–H and O–H groups in total. The smallest absolute Gasteiger partial charge is 0.231 e. The average molecular weight is 356 g/mol. The summed E-state index contributed by atoms with van der Waals surface area (Å²) >= 11 is 5.38. The predicted octanol–water partition coefficient (Wildman–Crippen LogP) is 3.51. The van der Waals surface area contributed by atoms with E-state index in [2.05, 4.69) is 44.6 Å². The number of hydrogen-bond donors (Lipinski definition) is 2. The molecule has 6 heteroatoms. The van der Waals surface area contributed by atoms with Crippen LogP contribution in [0.2, 0.25) is 0 Å². The summed E-state index contributed by atoms with van der Waals surface area (Å²) < 4.78 is 0. The van der Waals surface area contributed by atoms with Crippen molar-refractivity contribution in [3.05, 3.63) is 47.7 Å². The maximum absolute atomic E-state index is 5.38. The van der Waals surface area contributed by atoms with Crippen LogP contribution in [0.3, 0.4) is 0 Å². The molecule has 5 nitrogen and oxygen atoms in total. The Morgan fingerprint density at radius 2 is 2.08 bits per heavy atom. The largest absolute Gasteiger partial charge is 0.358 e. The van der Waals surface area contributed by atoms with Gasteiger partial charge in [0.05, 0.1) is 0 Å². The molecule has 0 bridgehead atoms. The SMILES string of the molecule is Cc1cc(N2CCCC(C)C2)nc(NC(=S)NCc2ccccc2)n1. The van der Waals surface area contributed by atoms with E-state index in [0.29, 0.717) is 23.5 Å². The molecule has 0 radical (unpaired) electrons. The van der Waals surface area contributed by atoms with Crippen LogP contribution < -0.4 is 15.5 Å². The van der Waals surface area contributed by atoms with Crippen LogP contribution in [0, 0.1) is 12.8 Å². The second-order valence-corrected chi connectivity index (χ2v) is 7.09. The fourth-order valence-corrected chi connectivity index (χ4v) is 3.25. The first kappa shape index (κ1) is 17.6. The van der Waals surface area contributed by atoms with Crippen LogP contribution >= 0.6 is 12.2 Å². The molecule has 1 aliphatic rings. The highest BCUT2D eigenvalue weighted by Crippen LogP contribution is 2.22. The lowest BCUT2D eigenvalue weighted by Crippen LogP contribution is -2.35. The second-order valence-electron chi connectivity index (χ2n) is 6.68. The number of nitrogens with one attached hydrogen (secondary N) is 2. The van der Waals surface area contributed by atoms with Gasteiger partial charge in [0.15, 0.2) is 5.11 Å². The van der Waals surface area contributed by atoms with Gasteiger partial charge in [-0.25, -0.2) is 4.98 Å². The number of anilines is 2. The van der Waals surface area contributed by atoms with Crippen LogP contribution in [0.25, 0.3) is 0 Å². The Morgan fingerprint density at radius 1 is 1.28 bits per heavy atom. The van der Waals surface area contributed by atoms with Gasteiger partial charge < -0.3 is 15.5 Å². The molecule has 0 amide bonds. The topological polar surface area (TPSA) is 53.1 Å². The van der Waals surface area contributed by atoms with Gasteiger partial charge in [-0.15, -0.1) is 0 Å². The first-order valence-corrected chi connectivity index (χ1v) is 9.20. The molecule has 0 saturated carbocycles. The summed E-state index contributed by atoms with van der Waals surface area (Å²) in [7, 11) is 0. The Bertz CT molecular complexity index is 719. The first-order chi connectivity index (χ1) is 12.1. The fraction of sp³-hybridized carbons (Fsp3) is 0.421. The van der Waals surface area contributed by atoms with Crippen LogP contribution in [0.15, 0.2) is 36.4 Å². The van der Waals surface area contributed by atoms with Gasteiger partial charge in [-0.2, -0.15) is 4.98 Å². The molecule has 132 valence electrons. The van der Waals surface area contributed by atoms with Gasteiger partial charge in [0, 0.05) is 31.4 Å². The van der Waals surface area contributed by atoms with Crippen molar-refractivity contribution < 1.29 is 0 Å². The molecule has 0 spiro atoms. The molecule has 1 atom stereocenters. The number of aryl methyl sites for hydroxylation is 1. The second kappa shape index (κ2) is 8.25. The van der Waals surface area contributed by atoms with Gasteiger partial charge in [0.25, 0.3) is 0 Å². The van der Waals surface area contributed by atoms with E-state index in [4.69, 9.17) is 12.2 Å². The van der Waals surface area contributed by atoms with Crippen LogP contribution in [-0.2, 0) is 6.54 Å². The maximum atomic E-state index is 5.38. The third-order valence-corrected chi connectivity index (χ3v) is 4.59. The summed E-state index contributed by atoms with van der Waals surface area (Å²) in [6.07, 6.45) is 2.50. The minimum Gasteiger partial charge on any atom is -0.358 e. The van der Waals surface area contributed by atoms with E-state index in [1.165, 1.54) is 18.4 Å². The molecular formula is C19H25N5S. The molecule has 1 aromatic heterocycles. The van der Waals surface area contributed by atoms with Crippen LogP contribution in [-0.4, -0.2) is 28.2 Å². The minimum absolute atomic E-state index is 0.535. The Kier molecular flexibility index (Phi) is 5.81. The zero-order chi connectivity index (χ0) is 17.6. The standard InChI is InChI=1S/C19H25N5S/c1-14-7-6-10-24(13-14)17-11-15(2)21-18(22-17)23-19(25)20-12-16-8-4-3-5-9-16/h3-5,8-9,11,14H,6-7,10,12-13H2,1-2H3,(H2,20,21,22,23,25). The highest BCUT2D eigenvalue weighted by molar-refractivity contribution is 7.80. The van der Waals surface area contributed by atoms with Crippen molar-refractivity contribution >= 4 is 29.1 Å². The molecule has 0 aliphatic carbocycles. The van der Waals surface area contributed by atoms with Gasteiger partial charge >= 0.3 is 0 Å². The molecule has 3 rings (SSSR count). The lowest BCUT2D eigenvalue weighted by molar-refractivity contribution is 0.444. The van der Waals surface area contributed by atoms with E-state index >= 15 is 0 Å². The van der Waals surface area contributed by atoms with E-state index in [1.54, 1.807) is 0 Å². The van der Waals surface area contributed by atoms with Crippen molar-refractivity contribution in [3.8, 4) is 0 Å². The molecule has 1 saturated heterocycles. The number of rotatable bonds is 4. The van der Waals surface area contributed by atoms with E-state index in [9.17, 15) is 0 Å². The number of hydrogen-bond acceptors (Lipinski definition) is 4. The van der Waals surface area contributed by atoms with Crippen molar-refractivity contribution in [1.82, 2.24) is 15.3 Å². The van der Waals surface area contributed by atoms with E-state index < -0.39 is 0 Å². The third-order valence-electron chi connectivity index (χ3n) is 4.34. The lowest BCUT2D eigenvalue weighted by Gasteiger charge is -2.32. The molecule has 1 aliphatic heterocycles. The monoisotopic (exact) mass is 355 g/mol. The first-order valence-electron chi connectivity index (χ1n) is 8.79. The number of aromatic nitrogens is 2. The summed E-state index contributed by atoms with van der Waals surface area (Å²) in [6.45, 7) is 7.06. The van der Waals surface area contributed by atoms with E-state index in [0.717, 1.165) is 24.6 Å². The van der Waals surface area contributed by atoms with Crippen molar-refractivity contribution in [2.75, 3.05) is 23.3 Å². The minimum atomic E-state index is 0.535. The zero-order valence-electron chi connectivity index (χ0n) is 14.8. The highest BCUT2D eigenvalue weighted by Gasteiger charge is 2.18. The number of nitrogens with zero attached hydrogens (tertiary/aromatic N) is 3. The number of thiocarbonyl (C=S) groups is 1. The van der Waals surface area contributed by atoms with Crippen LogP contribution in [0.1, 0.15) is 31.0 Å². The molecule has 2 heterocycles. The van der Waals surface area contributed by atoms with Crippen molar-refractivity contribution in [2.45, 2.75) is 33.2 Å². The predicted molar refractivity (Wildman–Crippen MR) is 107 cm³/mol. The Labute approximate surface area is 154 Å². The van der Waals surface area contributed by atoms with Gasteiger partial charge in [0.2, 0.25) is 5.95 Å². The Hall–Kier alpha value is -2.21. The molecule has 1 unspecified atom stereocenters. The van der Waals surface area contributed by atoms with Crippen molar-refractivity contribution in [1.29, 1.82) is 0 Å². The summed E-state index contributed by atoms with van der Waals surface area (Å²) in [5.41, 5.74) is 2.12. The maximum Gasteiger partial charge on any atom is 0.231 e. The molecule has 1 aromatic carbocycles.